The third-order valence-electron chi connectivity index (χ3n) is 4.16. The van der Waals surface area contributed by atoms with Crippen LogP contribution in [-0.2, 0) is 4.79 Å². The van der Waals surface area contributed by atoms with Gasteiger partial charge in [-0.05, 0) is 48.9 Å². The summed E-state index contributed by atoms with van der Waals surface area (Å²) in [5.41, 5.74) is 3.31. The van der Waals surface area contributed by atoms with Gasteiger partial charge in [-0.1, -0.05) is 34.1 Å². The Labute approximate surface area is 158 Å². The van der Waals surface area contributed by atoms with Crippen molar-refractivity contribution in [3.8, 4) is 5.75 Å². The van der Waals surface area contributed by atoms with Gasteiger partial charge < -0.3 is 14.5 Å². The molecule has 1 aromatic heterocycles. The lowest BCUT2D eigenvalue weighted by atomic mass is 10.1. The van der Waals surface area contributed by atoms with Gasteiger partial charge in [0.25, 0.3) is 5.91 Å². The minimum atomic E-state index is -0.221. The molecular formula is C21H16BrNO3. The summed E-state index contributed by atoms with van der Waals surface area (Å²) in [4.78, 5) is 12.2. The summed E-state index contributed by atoms with van der Waals surface area (Å²) in [5.74, 6) is 0.439. The van der Waals surface area contributed by atoms with Crippen molar-refractivity contribution in [2.24, 2.45) is 0 Å². The SMILES string of the molecule is Cc1cc(OCC(=O)Nc2ccc3c(c2)oc2ccccc23)ccc1Br. The number of carbonyl (C=O) groups excluding carboxylic acids is 1. The van der Waals surface area contributed by atoms with Gasteiger partial charge in [-0.2, -0.15) is 0 Å². The summed E-state index contributed by atoms with van der Waals surface area (Å²) in [6.07, 6.45) is 0. The Hall–Kier alpha value is -2.79. The van der Waals surface area contributed by atoms with Crippen LogP contribution in [-0.4, -0.2) is 12.5 Å². The van der Waals surface area contributed by atoms with Crippen molar-refractivity contribution in [1.82, 2.24) is 0 Å². The number of ether oxygens (including phenoxy) is 1. The Morgan fingerprint density at radius 3 is 2.69 bits per heavy atom. The molecule has 0 aliphatic rings. The van der Waals surface area contributed by atoms with E-state index in [1.165, 1.54) is 0 Å². The Morgan fingerprint density at radius 1 is 1.04 bits per heavy atom. The van der Waals surface area contributed by atoms with Crippen molar-refractivity contribution >= 4 is 49.5 Å². The Balaban J connectivity index is 1.46. The highest BCUT2D eigenvalue weighted by Crippen LogP contribution is 2.30. The van der Waals surface area contributed by atoms with Crippen molar-refractivity contribution in [3.63, 3.8) is 0 Å². The molecule has 1 N–H and O–H groups in total. The second-order valence-electron chi connectivity index (χ2n) is 6.06. The van der Waals surface area contributed by atoms with E-state index >= 15 is 0 Å². The number of fused-ring (bicyclic) bond motifs is 3. The molecule has 0 radical (unpaired) electrons. The number of nitrogens with one attached hydrogen (secondary N) is 1. The van der Waals surface area contributed by atoms with E-state index in [1.54, 1.807) is 0 Å². The Morgan fingerprint density at radius 2 is 1.85 bits per heavy atom. The second-order valence-corrected chi connectivity index (χ2v) is 6.91. The molecule has 0 spiro atoms. The average molecular weight is 410 g/mol. The van der Waals surface area contributed by atoms with Crippen LogP contribution >= 0.6 is 15.9 Å². The lowest BCUT2D eigenvalue weighted by Crippen LogP contribution is -2.20. The van der Waals surface area contributed by atoms with Crippen LogP contribution in [0, 0.1) is 6.92 Å². The number of furan rings is 1. The maximum absolute atomic E-state index is 12.2. The molecule has 0 bridgehead atoms. The van der Waals surface area contributed by atoms with Crippen LogP contribution in [0.5, 0.6) is 5.75 Å². The van der Waals surface area contributed by atoms with E-state index in [2.05, 4.69) is 21.2 Å². The van der Waals surface area contributed by atoms with Crippen LogP contribution in [0.2, 0.25) is 0 Å². The minimum Gasteiger partial charge on any atom is -0.484 e. The monoisotopic (exact) mass is 409 g/mol. The van der Waals surface area contributed by atoms with Crippen LogP contribution in [0.15, 0.2) is 69.6 Å². The minimum absolute atomic E-state index is 0.0563. The molecular weight excluding hydrogens is 394 g/mol. The zero-order chi connectivity index (χ0) is 18.1. The van der Waals surface area contributed by atoms with Gasteiger partial charge >= 0.3 is 0 Å². The number of anilines is 1. The van der Waals surface area contributed by atoms with E-state index in [0.29, 0.717) is 11.4 Å². The Kier molecular flexibility index (Phi) is 4.39. The van der Waals surface area contributed by atoms with E-state index in [1.807, 2.05) is 67.6 Å². The molecule has 5 heteroatoms. The van der Waals surface area contributed by atoms with Crippen molar-refractivity contribution in [1.29, 1.82) is 0 Å². The molecule has 0 unspecified atom stereocenters. The molecule has 0 saturated carbocycles. The molecule has 0 aliphatic heterocycles. The first-order valence-corrected chi connectivity index (χ1v) is 8.99. The molecule has 0 fully saturated rings. The van der Waals surface area contributed by atoms with E-state index in [-0.39, 0.29) is 12.5 Å². The third kappa shape index (κ3) is 3.30. The topological polar surface area (TPSA) is 51.5 Å². The largest absolute Gasteiger partial charge is 0.484 e. The van der Waals surface area contributed by atoms with Crippen molar-refractivity contribution in [2.75, 3.05) is 11.9 Å². The molecule has 130 valence electrons. The van der Waals surface area contributed by atoms with Crippen LogP contribution in [0.3, 0.4) is 0 Å². The van der Waals surface area contributed by atoms with Gasteiger partial charge in [-0.25, -0.2) is 0 Å². The maximum Gasteiger partial charge on any atom is 0.262 e. The smallest absolute Gasteiger partial charge is 0.262 e. The highest BCUT2D eigenvalue weighted by molar-refractivity contribution is 9.10. The maximum atomic E-state index is 12.2. The van der Waals surface area contributed by atoms with Crippen molar-refractivity contribution in [3.05, 3.63) is 70.7 Å². The zero-order valence-corrected chi connectivity index (χ0v) is 15.7. The van der Waals surface area contributed by atoms with Gasteiger partial charge in [0.2, 0.25) is 0 Å². The quantitative estimate of drug-likeness (QED) is 0.471. The van der Waals surface area contributed by atoms with Crippen LogP contribution in [0.4, 0.5) is 5.69 Å². The van der Waals surface area contributed by atoms with Crippen LogP contribution in [0.25, 0.3) is 21.9 Å². The molecule has 4 aromatic rings. The Bertz CT molecular complexity index is 1120. The van der Waals surface area contributed by atoms with Gasteiger partial charge in [-0.15, -0.1) is 0 Å². The number of hydrogen-bond donors (Lipinski definition) is 1. The third-order valence-corrected chi connectivity index (χ3v) is 5.05. The highest BCUT2D eigenvalue weighted by Gasteiger charge is 2.09. The molecule has 1 heterocycles. The number of amides is 1. The molecule has 0 aliphatic carbocycles. The average Bonchev–Trinajstić information content (AvgIpc) is 3.00. The van der Waals surface area contributed by atoms with Gasteiger partial charge in [0.05, 0.1) is 0 Å². The van der Waals surface area contributed by atoms with E-state index in [0.717, 1.165) is 32.0 Å². The second kappa shape index (κ2) is 6.84. The molecule has 0 saturated heterocycles. The lowest BCUT2D eigenvalue weighted by Gasteiger charge is -2.08. The molecule has 3 aromatic carbocycles. The summed E-state index contributed by atoms with van der Waals surface area (Å²) in [7, 11) is 0. The molecule has 0 atom stereocenters. The summed E-state index contributed by atoms with van der Waals surface area (Å²) in [5, 5.41) is 4.93. The highest BCUT2D eigenvalue weighted by atomic mass is 79.9. The predicted octanol–water partition coefficient (Wildman–Crippen LogP) is 5.67. The summed E-state index contributed by atoms with van der Waals surface area (Å²) >= 11 is 3.44. The fourth-order valence-corrected chi connectivity index (χ4v) is 3.10. The van der Waals surface area contributed by atoms with Gasteiger partial charge in [-0.3, -0.25) is 4.79 Å². The number of benzene rings is 3. The number of aryl methyl sites for hydroxylation is 1. The zero-order valence-electron chi connectivity index (χ0n) is 14.1. The van der Waals surface area contributed by atoms with E-state index < -0.39 is 0 Å². The van der Waals surface area contributed by atoms with E-state index in [4.69, 9.17) is 9.15 Å². The van der Waals surface area contributed by atoms with Gasteiger partial charge in [0, 0.05) is 27.0 Å². The molecule has 4 rings (SSSR count). The standard InChI is InChI=1S/C21H16BrNO3/c1-13-10-15(7-9-18(13)22)25-12-21(24)23-14-6-8-17-16-4-2-3-5-19(16)26-20(17)11-14/h2-11H,12H2,1H3,(H,23,24). The molecule has 26 heavy (non-hydrogen) atoms. The van der Waals surface area contributed by atoms with Gasteiger partial charge in [0.15, 0.2) is 6.61 Å². The predicted molar refractivity (Wildman–Crippen MR) is 107 cm³/mol. The fourth-order valence-electron chi connectivity index (χ4n) is 2.86. The first-order chi connectivity index (χ1) is 12.6. The summed E-state index contributed by atoms with van der Waals surface area (Å²) in [6.45, 7) is 1.92. The van der Waals surface area contributed by atoms with E-state index in [9.17, 15) is 4.79 Å². The van der Waals surface area contributed by atoms with Crippen molar-refractivity contribution < 1.29 is 13.9 Å². The lowest BCUT2D eigenvalue weighted by molar-refractivity contribution is -0.118. The van der Waals surface area contributed by atoms with Crippen molar-refractivity contribution in [2.45, 2.75) is 6.92 Å². The fraction of sp³-hybridized carbons (Fsp3) is 0.0952. The number of carbonyl (C=O) groups is 1. The summed E-state index contributed by atoms with van der Waals surface area (Å²) in [6, 6.07) is 19.1. The van der Waals surface area contributed by atoms with Gasteiger partial charge in [0.1, 0.15) is 16.9 Å². The first kappa shape index (κ1) is 16.7. The van der Waals surface area contributed by atoms with Crippen LogP contribution in [0.1, 0.15) is 5.56 Å². The number of rotatable bonds is 4. The number of para-hydroxylation sites is 1. The number of halogens is 1. The van der Waals surface area contributed by atoms with Crippen LogP contribution < -0.4 is 10.1 Å². The number of hydrogen-bond acceptors (Lipinski definition) is 3. The molecule has 4 nitrogen and oxygen atoms in total. The first-order valence-electron chi connectivity index (χ1n) is 8.20. The molecule has 1 amide bonds. The summed E-state index contributed by atoms with van der Waals surface area (Å²) < 4.78 is 12.4. The normalized spacial score (nSPS) is 11.0.